The van der Waals surface area contributed by atoms with Crippen LogP contribution in [0, 0.1) is 0 Å². The minimum Gasteiger partial charge on any atom is -0.484 e. The number of rotatable bonds is 8. The third kappa shape index (κ3) is 7.31. The first-order valence-corrected chi connectivity index (χ1v) is 6.88. The number of carbonyl (C=O) groups is 2. The van der Waals surface area contributed by atoms with Crippen LogP contribution in [0.2, 0.25) is 0 Å². The monoisotopic (exact) mass is 293 g/mol. The van der Waals surface area contributed by atoms with Gasteiger partial charge < -0.3 is 20.3 Å². The van der Waals surface area contributed by atoms with Gasteiger partial charge in [-0.3, -0.25) is 9.59 Å². The largest absolute Gasteiger partial charge is 0.484 e. The maximum atomic E-state index is 11.7. The summed E-state index contributed by atoms with van der Waals surface area (Å²) in [4.78, 5) is 25.4. The Bertz CT molecular complexity index is 449. The molecular formula is C15H23N3O3. The maximum absolute atomic E-state index is 11.7. The number of nitrogens with zero attached hydrogens (tertiary/aromatic N) is 1. The smallest absolute Gasteiger partial charge is 0.258 e. The van der Waals surface area contributed by atoms with Gasteiger partial charge in [0.05, 0.1) is 0 Å². The molecule has 0 unspecified atom stereocenters. The van der Waals surface area contributed by atoms with Crippen LogP contribution in [0.5, 0.6) is 5.75 Å². The van der Waals surface area contributed by atoms with E-state index >= 15 is 0 Å². The van der Waals surface area contributed by atoms with Crippen molar-refractivity contribution in [3.63, 3.8) is 0 Å². The summed E-state index contributed by atoms with van der Waals surface area (Å²) in [5.74, 6) is 0.0924. The summed E-state index contributed by atoms with van der Waals surface area (Å²) >= 11 is 0. The van der Waals surface area contributed by atoms with Gasteiger partial charge in [-0.15, -0.1) is 0 Å². The van der Waals surface area contributed by atoms with E-state index in [2.05, 4.69) is 10.6 Å². The highest BCUT2D eigenvalue weighted by Gasteiger charge is 2.15. The Labute approximate surface area is 125 Å². The van der Waals surface area contributed by atoms with Gasteiger partial charge in [-0.25, -0.2) is 0 Å². The van der Waals surface area contributed by atoms with Crippen LogP contribution in [0.15, 0.2) is 30.3 Å². The molecule has 1 atom stereocenters. The summed E-state index contributed by atoms with van der Waals surface area (Å²) < 4.78 is 5.31. The molecule has 2 amide bonds. The summed E-state index contributed by atoms with van der Waals surface area (Å²) in [7, 11) is 3.86. The third-order valence-electron chi connectivity index (χ3n) is 2.74. The molecule has 6 heteroatoms. The van der Waals surface area contributed by atoms with Crippen LogP contribution in [-0.2, 0) is 9.59 Å². The van der Waals surface area contributed by atoms with E-state index < -0.39 is 6.04 Å². The van der Waals surface area contributed by atoms with E-state index in [9.17, 15) is 9.59 Å². The average molecular weight is 293 g/mol. The molecule has 0 aliphatic carbocycles. The van der Waals surface area contributed by atoms with Crippen LogP contribution >= 0.6 is 0 Å². The van der Waals surface area contributed by atoms with Gasteiger partial charge in [0.2, 0.25) is 5.91 Å². The van der Waals surface area contributed by atoms with Gasteiger partial charge in [-0.2, -0.15) is 0 Å². The molecule has 0 spiro atoms. The molecule has 0 fully saturated rings. The molecule has 2 N–H and O–H groups in total. The van der Waals surface area contributed by atoms with Crippen molar-refractivity contribution in [1.29, 1.82) is 0 Å². The van der Waals surface area contributed by atoms with E-state index in [0.29, 0.717) is 12.3 Å². The number of hydrogen-bond acceptors (Lipinski definition) is 4. The van der Waals surface area contributed by atoms with Crippen molar-refractivity contribution in [1.82, 2.24) is 15.5 Å². The number of hydrogen-bond donors (Lipinski definition) is 2. The Morgan fingerprint density at radius 3 is 2.52 bits per heavy atom. The SMILES string of the molecule is C[C@@H](NC(=O)COc1ccccc1)C(=O)NCCN(C)C. The maximum Gasteiger partial charge on any atom is 0.258 e. The van der Waals surface area contributed by atoms with E-state index in [4.69, 9.17) is 4.74 Å². The Hall–Kier alpha value is -2.08. The highest BCUT2D eigenvalue weighted by molar-refractivity contribution is 5.87. The van der Waals surface area contributed by atoms with E-state index in [1.165, 1.54) is 0 Å². The van der Waals surface area contributed by atoms with Gasteiger partial charge in [-0.1, -0.05) is 18.2 Å². The Morgan fingerprint density at radius 1 is 1.24 bits per heavy atom. The standard InChI is InChI=1S/C15H23N3O3/c1-12(15(20)16-9-10-18(2)3)17-14(19)11-21-13-7-5-4-6-8-13/h4-8,12H,9-11H2,1-3H3,(H,16,20)(H,17,19)/t12-/m1/s1. The first-order valence-electron chi connectivity index (χ1n) is 6.88. The second-order valence-electron chi connectivity index (χ2n) is 4.99. The molecule has 0 aliphatic rings. The number of nitrogens with one attached hydrogen (secondary N) is 2. The van der Waals surface area contributed by atoms with Gasteiger partial charge in [0.15, 0.2) is 6.61 Å². The third-order valence-corrected chi connectivity index (χ3v) is 2.74. The Morgan fingerprint density at radius 2 is 1.90 bits per heavy atom. The number of likely N-dealkylation sites (N-methyl/N-ethyl adjacent to an activating group) is 1. The van der Waals surface area contributed by atoms with E-state index in [1.54, 1.807) is 19.1 Å². The molecule has 116 valence electrons. The van der Waals surface area contributed by atoms with Crippen molar-refractivity contribution in [2.75, 3.05) is 33.8 Å². The molecule has 1 aromatic carbocycles. The zero-order valence-electron chi connectivity index (χ0n) is 12.8. The predicted molar refractivity (Wildman–Crippen MR) is 81.1 cm³/mol. The highest BCUT2D eigenvalue weighted by Crippen LogP contribution is 2.07. The van der Waals surface area contributed by atoms with Crippen molar-refractivity contribution in [3.8, 4) is 5.75 Å². The van der Waals surface area contributed by atoms with Gasteiger partial charge in [0.1, 0.15) is 11.8 Å². The first-order chi connectivity index (χ1) is 9.99. The van der Waals surface area contributed by atoms with Gasteiger partial charge in [0, 0.05) is 13.1 Å². The molecule has 1 aromatic rings. The fraction of sp³-hybridized carbons (Fsp3) is 0.467. The Kier molecular flexibility index (Phi) is 7.25. The van der Waals surface area contributed by atoms with Crippen molar-refractivity contribution in [2.45, 2.75) is 13.0 Å². The quantitative estimate of drug-likeness (QED) is 0.721. The Balaban J connectivity index is 2.25. The van der Waals surface area contributed by atoms with Crippen molar-refractivity contribution in [2.24, 2.45) is 0 Å². The second kappa shape index (κ2) is 8.97. The van der Waals surface area contributed by atoms with Gasteiger partial charge >= 0.3 is 0 Å². The molecule has 21 heavy (non-hydrogen) atoms. The summed E-state index contributed by atoms with van der Waals surface area (Å²) in [6, 6.07) is 8.48. The molecule has 0 saturated heterocycles. The van der Waals surface area contributed by atoms with Gasteiger partial charge in [-0.05, 0) is 33.2 Å². The molecule has 0 aliphatic heterocycles. The van der Waals surface area contributed by atoms with Crippen LogP contribution in [0.25, 0.3) is 0 Å². The normalized spacial score (nSPS) is 11.8. The number of benzene rings is 1. The van der Waals surface area contributed by atoms with Crippen LogP contribution in [0.4, 0.5) is 0 Å². The molecule has 0 heterocycles. The fourth-order valence-corrected chi connectivity index (χ4v) is 1.57. The van der Waals surface area contributed by atoms with Crippen LogP contribution in [-0.4, -0.2) is 56.5 Å². The summed E-state index contributed by atoms with van der Waals surface area (Å²) in [6.07, 6.45) is 0. The summed E-state index contributed by atoms with van der Waals surface area (Å²) in [5.41, 5.74) is 0. The second-order valence-corrected chi connectivity index (χ2v) is 4.99. The van der Waals surface area contributed by atoms with E-state index in [0.717, 1.165) is 6.54 Å². The lowest BCUT2D eigenvalue weighted by molar-refractivity contribution is -0.129. The van der Waals surface area contributed by atoms with Crippen molar-refractivity contribution in [3.05, 3.63) is 30.3 Å². The molecule has 6 nitrogen and oxygen atoms in total. The average Bonchev–Trinajstić information content (AvgIpc) is 2.45. The molecular weight excluding hydrogens is 270 g/mol. The number of amides is 2. The highest BCUT2D eigenvalue weighted by atomic mass is 16.5. The lowest BCUT2D eigenvalue weighted by Crippen LogP contribution is -2.47. The molecule has 1 rings (SSSR count). The van der Waals surface area contributed by atoms with Crippen LogP contribution < -0.4 is 15.4 Å². The molecule has 0 radical (unpaired) electrons. The number of carbonyl (C=O) groups excluding carboxylic acids is 2. The predicted octanol–water partition coefficient (Wildman–Crippen LogP) is 0.248. The lowest BCUT2D eigenvalue weighted by atomic mass is 10.3. The number of para-hydroxylation sites is 1. The van der Waals surface area contributed by atoms with Crippen LogP contribution in [0.3, 0.4) is 0 Å². The van der Waals surface area contributed by atoms with E-state index in [-0.39, 0.29) is 18.4 Å². The van der Waals surface area contributed by atoms with Crippen molar-refractivity contribution < 1.29 is 14.3 Å². The minimum absolute atomic E-state index is 0.112. The van der Waals surface area contributed by atoms with Crippen LogP contribution in [0.1, 0.15) is 6.92 Å². The zero-order valence-corrected chi connectivity index (χ0v) is 12.8. The minimum atomic E-state index is -0.584. The van der Waals surface area contributed by atoms with E-state index in [1.807, 2.05) is 37.2 Å². The summed E-state index contributed by atoms with van der Waals surface area (Å²) in [6.45, 7) is 2.83. The first kappa shape index (κ1) is 17.0. The van der Waals surface area contributed by atoms with Gasteiger partial charge in [0.25, 0.3) is 5.91 Å². The fourth-order valence-electron chi connectivity index (χ4n) is 1.57. The molecule has 0 bridgehead atoms. The topological polar surface area (TPSA) is 70.7 Å². The molecule has 0 saturated carbocycles. The summed E-state index contributed by atoms with van der Waals surface area (Å²) in [5, 5.41) is 5.36. The van der Waals surface area contributed by atoms with Crippen molar-refractivity contribution >= 4 is 11.8 Å². The molecule has 0 aromatic heterocycles. The number of ether oxygens (including phenoxy) is 1. The lowest BCUT2D eigenvalue weighted by Gasteiger charge is -2.15. The zero-order chi connectivity index (χ0) is 15.7.